The van der Waals surface area contributed by atoms with Gasteiger partial charge in [-0.25, -0.2) is 9.78 Å². The molecule has 3 aromatic heterocycles. The summed E-state index contributed by atoms with van der Waals surface area (Å²) in [6, 6.07) is 6.31. The van der Waals surface area contributed by atoms with Gasteiger partial charge in [0.15, 0.2) is 0 Å². The van der Waals surface area contributed by atoms with Crippen LogP contribution in [0.1, 0.15) is 55.4 Å². The molecule has 1 aliphatic carbocycles. The highest BCUT2D eigenvalue weighted by Crippen LogP contribution is 2.38. The first-order chi connectivity index (χ1) is 17.8. The van der Waals surface area contributed by atoms with Crippen LogP contribution in [0.4, 0.5) is 5.00 Å². The van der Waals surface area contributed by atoms with E-state index in [4.69, 9.17) is 4.74 Å². The molecule has 37 heavy (non-hydrogen) atoms. The molecule has 0 saturated carbocycles. The van der Waals surface area contributed by atoms with Crippen molar-refractivity contribution in [3.05, 3.63) is 66.9 Å². The molecule has 3 heterocycles. The van der Waals surface area contributed by atoms with E-state index in [1.54, 1.807) is 6.92 Å². The van der Waals surface area contributed by atoms with Crippen molar-refractivity contribution >= 4 is 49.8 Å². The molecule has 10 heteroatoms. The van der Waals surface area contributed by atoms with Crippen LogP contribution in [-0.4, -0.2) is 47.9 Å². The van der Waals surface area contributed by atoms with Gasteiger partial charge in [-0.15, -0.1) is 22.7 Å². The molecule has 192 valence electrons. The predicted molar refractivity (Wildman–Crippen MR) is 148 cm³/mol. The Bertz CT molecular complexity index is 1580. The lowest BCUT2D eigenvalue weighted by Crippen LogP contribution is -2.18. The van der Waals surface area contributed by atoms with Crippen molar-refractivity contribution in [2.75, 3.05) is 26.5 Å². The van der Waals surface area contributed by atoms with Crippen LogP contribution >= 0.6 is 22.7 Å². The molecule has 0 saturated heterocycles. The van der Waals surface area contributed by atoms with E-state index >= 15 is 0 Å². The van der Waals surface area contributed by atoms with Crippen LogP contribution in [0.2, 0.25) is 0 Å². The molecular formula is C27H28N4O4S2. The maximum absolute atomic E-state index is 13.4. The summed E-state index contributed by atoms with van der Waals surface area (Å²) < 4.78 is 5.09. The number of nitrogens with zero attached hydrogens (tertiary/aromatic N) is 2. The van der Waals surface area contributed by atoms with Gasteiger partial charge < -0.3 is 19.9 Å². The highest BCUT2D eigenvalue weighted by molar-refractivity contribution is 7.21. The fraction of sp³-hybridized carbons (Fsp3) is 0.333. The van der Waals surface area contributed by atoms with Crippen molar-refractivity contribution in [2.24, 2.45) is 0 Å². The van der Waals surface area contributed by atoms with Gasteiger partial charge in [-0.1, -0.05) is 18.2 Å². The molecule has 0 bridgehead atoms. The van der Waals surface area contributed by atoms with E-state index in [0.29, 0.717) is 43.6 Å². The van der Waals surface area contributed by atoms with Crippen LogP contribution in [0.3, 0.4) is 0 Å². The number of aryl methyl sites for hydroxylation is 3. The standard InChI is InChI=1S/C27H28N4O4S2/c1-14-20-23(32)28-19(12-31(2)3)29-26(20)37-22(14)24(33)30-25-21(27(34)35-4)18(13-36-25)17-10-9-15-7-5-6-8-16(15)11-17/h9-11,13H,5-8,12H2,1-4H3,(H,30,33)(H,28,29,32). The second-order valence-corrected chi connectivity index (χ2v) is 11.4. The molecule has 0 spiro atoms. The number of ether oxygens (including phenoxy) is 1. The fourth-order valence-electron chi connectivity index (χ4n) is 4.81. The molecule has 0 unspecified atom stereocenters. The van der Waals surface area contributed by atoms with Gasteiger partial charge in [0.1, 0.15) is 21.2 Å². The first-order valence-corrected chi connectivity index (χ1v) is 13.8. The number of fused-ring (bicyclic) bond motifs is 2. The zero-order chi connectivity index (χ0) is 26.3. The zero-order valence-corrected chi connectivity index (χ0v) is 22.8. The van der Waals surface area contributed by atoms with Gasteiger partial charge in [0.05, 0.1) is 23.9 Å². The average Bonchev–Trinajstić information content (AvgIpc) is 3.44. The number of anilines is 1. The number of thiophene rings is 2. The molecule has 1 aliphatic rings. The SMILES string of the molecule is COC(=O)c1c(-c2ccc3c(c2)CCCC3)csc1NC(=O)c1sc2nc(CN(C)C)[nH]c(=O)c2c1C. The summed E-state index contributed by atoms with van der Waals surface area (Å²) in [7, 11) is 5.11. The highest BCUT2D eigenvalue weighted by Gasteiger charge is 2.26. The van der Waals surface area contributed by atoms with E-state index in [9.17, 15) is 14.4 Å². The number of carbonyl (C=O) groups excluding carboxylic acids is 2. The molecule has 2 N–H and O–H groups in total. The van der Waals surface area contributed by atoms with Gasteiger partial charge in [-0.3, -0.25) is 9.59 Å². The number of H-pyrrole nitrogens is 1. The van der Waals surface area contributed by atoms with Crippen LogP contribution < -0.4 is 10.9 Å². The number of benzene rings is 1. The monoisotopic (exact) mass is 536 g/mol. The normalized spacial score (nSPS) is 13.1. The lowest BCUT2D eigenvalue weighted by Gasteiger charge is -2.16. The number of nitrogens with one attached hydrogen (secondary N) is 2. The number of aromatic amines is 1. The summed E-state index contributed by atoms with van der Waals surface area (Å²) in [4.78, 5) is 49.1. The predicted octanol–water partition coefficient (Wildman–Crippen LogP) is 5.00. The first kappa shape index (κ1) is 25.3. The average molecular weight is 537 g/mol. The molecule has 8 nitrogen and oxygen atoms in total. The Hall–Kier alpha value is -3.34. The molecule has 5 rings (SSSR count). The molecule has 0 aliphatic heterocycles. The Labute approximate surface area is 222 Å². The highest BCUT2D eigenvalue weighted by atomic mass is 32.1. The minimum absolute atomic E-state index is 0.268. The number of hydrogen-bond acceptors (Lipinski definition) is 8. The summed E-state index contributed by atoms with van der Waals surface area (Å²) in [5.41, 5.74) is 4.96. The molecule has 1 aromatic carbocycles. The molecule has 0 atom stereocenters. The van der Waals surface area contributed by atoms with Crippen LogP contribution in [-0.2, 0) is 24.1 Å². The summed E-state index contributed by atoms with van der Waals surface area (Å²) in [6.45, 7) is 2.22. The number of esters is 1. The Balaban J connectivity index is 1.50. The summed E-state index contributed by atoms with van der Waals surface area (Å²) in [5.74, 6) is -0.363. The maximum atomic E-state index is 13.4. The topological polar surface area (TPSA) is 104 Å². The molecule has 1 amide bonds. The molecule has 0 fully saturated rings. The van der Waals surface area contributed by atoms with Gasteiger partial charge in [0.2, 0.25) is 0 Å². The maximum Gasteiger partial charge on any atom is 0.341 e. The summed E-state index contributed by atoms with van der Waals surface area (Å²) in [5, 5.41) is 5.61. The van der Waals surface area contributed by atoms with Gasteiger partial charge in [-0.05, 0) is 69.0 Å². The quantitative estimate of drug-likeness (QED) is 0.336. The summed E-state index contributed by atoms with van der Waals surface area (Å²) in [6.07, 6.45) is 4.46. The second kappa shape index (κ2) is 10.2. The van der Waals surface area contributed by atoms with Crippen molar-refractivity contribution in [3.8, 4) is 11.1 Å². The van der Waals surface area contributed by atoms with Crippen LogP contribution in [0.25, 0.3) is 21.3 Å². The fourth-order valence-corrected chi connectivity index (χ4v) is 6.86. The Morgan fingerprint density at radius 3 is 2.68 bits per heavy atom. The Morgan fingerprint density at radius 1 is 1.19 bits per heavy atom. The third-order valence-corrected chi connectivity index (χ3v) is 8.67. The zero-order valence-electron chi connectivity index (χ0n) is 21.2. The van der Waals surface area contributed by atoms with Crippen molar-refractivity contribution in [1.29, 1.82) is 0 Å². The number of aromatic nitrogens is 2. The van der Waals surface area contributed by atoms with E-state index in [2.05, 4.69) is 27.4 Å². The minimum atomic E-state index is -0.510. The van der Waals surface area contributed by atoms with Crippen LogP contribution in [0.15, 0.2) is 28.4 Å². The van der Waals surface area contributed by atoms with Gasteiger partial charge >= 0.3 is 5.97 Å². The number of rotatable bonds is 6. The van der Waals surface area contributed by atoms with Crippen LogP contribution in [0, 0.1) is 6.92 Å². The molecule has 0 radical (unpaired) electrons. The number of methoxy groups -OCH3 is 1. The number of amides is 1. The largest absolute Gasteiger partial charge is 0.465 e. The summed E-state index contributed by atoms with van der Waals surface area (Å²) >= 11 is 2.46. The van der Waals surface area contributed by atoms with E-state index < -0.39 is 11.9 Å². The molecular weight excluding hydrogens is 508 g/mol. The van der Waals surface area contributed by atoms with E-state index in [0.717, 1.165) is 30.4 Å². The van der Waals surface area contributed by atoms with Crippen molar-refractivity contribution in [3.63, 3.8) is 0 Å². The van der Waals surface area contributed by atoms with E-state index in [1.807, 2.05) is 30.4 Å². The van der Waals surface area contributed by atoms with Gasteiger partial charge in [0, 0.05) is 10.9 Å². The van der Waals surface area contributed by atoms with Crippen molar-refractivity contribution in [1.82, 2.24) is 14.9 Å². The van der Waals surface area contributed by atoms with E-state index in [1.165, 1.54) is 47.3 Å². The first-order valence-electron chi connectivity index (χ1n) is 12.1. The smallest absolute Gasteiger partial charge is 0.341 e. The lowest BCUT2D eigenvalue weighted by molar-refractivity contribution is 0.0603. The Kier molecular flexibility index (Phi) is 6.98. The van der Waals surface area contributed by atoms with Crippen molar-refractivity contribution in [2.45, 2.75) is 39.2 Å². The van der Waals surface area contributed by atoms with E-state index in [-0.39, 0.29) is 5.56 Å². The lowest BCUT2D eigenvalue weighted by atomic mass is 9.89. The third kappa shape index (κ3) is 4.84. The molecule has 4 aromatic rings. The van der Waals surface area contributed by atoms with Crippen molar-refractivity contribution < 1.29 is 14.3 Å². The number of hydrogen-bond donors (Lipinski definition) is 2. The van der Waals surface area contributed by atoms with Gasteiger partial charge in [-0.2, -0.15) is 0 Å². The Morgan fingerprint density at radius 2 is 1.95 bits per heavy atom. The second-order valence-electron chi connectivity index (χ2n) is 9.48. The third-order valence-electron chi connectivity index (χ3n) is 6.59. The van der Waals surface area contributed by atoms with Gasteiger partial charge in [0.25, 0.3) is 11.5 Å². The van der Waals surface area contributed by atoms with Crippen LogP contribution in [0.5, 0.6) is 0 Å². The minimum Gasteiger partial charge on any atom is -0.465 e. The number of carbonyl (C=O) groups is 2.